The van der Waals surface area contributed by atoms with E-state index in [1.165, 1.54) is 12.0 Å². The second kappa shape index (κ2) is 9.95. The molecule has 0 spiro atoms. The summed E-state index contributed by atoms with van der Waals surface area (Å²) in [4.78, 5) is 0. The van der Waals surface area contributed by atoms with Gasteiger partial charge in [-0.1, -0.05) is 58.0 Å². The van der Waals surface area contributed by atoms with Crippen molar-refractivity contribution in [3.05, 3.63) is 35.9 Å². The predicted octanol–water partition coefficient (Wildman–Crippen LogP) is 4.11. The number of ether oxygens (including phenoxy) is 1. The van der Waals surface area contributed by atoms with Crippen LogP contribution in [0.4, 0.5) is 0 Å². The zero-order valence-electron chi connectivity index (χ0n) is 13.6. The van der Waals surface area contributed by atoms with Crippen LogP contribution in [0.25, 0.3) is 0 Å². The van der Waals surface area contributed by atoms with Crippen molar-refractivity contribution >= 4 is 0 Å². The second-order valence-electron chi connectivity index (χ2n) is 6.55. The second-order valence-corrected chi connectivity index (χ2v) is 6.55. The van der Waals surface area contributed by atoms with E-state index in [-0.39, 0.29) is 0 Å². The summed E-state index contributed by atoms with van der Waals surface area (Å²) < 4.78 is 5.90. The van der Waals surface area contributed by atoms with Crippen LogP contribution in [0.5, 0.6) is 0 Å². The van der Waals surface area contributed by atoms with E-state index in [9.17, 15) is 0 Å². The third-order valence-corrected chi connectivity index (χ3v) is 3.26. The minimum atomic E-state index is 0.609. The van der Waals surface area contributed by atoms with Crippen molar-refractivity contribution < 1.29 is 4.74 Å². The van der Waals surface area contributed by atoms with Crippen LogP contribution in [0.3, 0.4) is 0 Å². The first-order valence-electron chi connectivity index (χ1n) is 7.90. The molecule has 1 aromatic rings. The van der Waals surface area contributed by atoms with Crippen molar-refractivity contribution in [2.75, 3.05) is 19.7 Å². The number of hydrogen-bond acceptors (Lipinski definition) is 2. The Morgan fingerprint density at radius 1 is 0.950 bits per heavy atom. The number of rotatable bonds is 10. The van der Waals surface area contributed by atoms with Gasteiger partial charge in [-0.15, -0.1) is 0 Å². The topological polar surface area (TPSA) is 21.3 Å². The molecule has 1 N–H and O–H groups in total. The van der Waals surface area contributed by atoms with E-state index in [4.69, 9.17) is 4.74 Å². The fourth-order valence-corrected chi connectivity index (χ4v) is 2.37. The summed E-state index contributed by atoms with van der Waals surface area (Å²) >= 11 is 0. The lowest BCUT2D eigenvalue weighted by molar-refractivity contribution is 0.0793. The lowest BCUT2D eigenvalue weighted by atomic mass is 9.97. The smallest absolute Gasteiger partial charge is 0.0717 e. The monoisotopic (exact) mass is 277 g/mol. The van der Waals surface area contributed by atoms with Gasteiger partial charge in [-0.05, 0) is 36.3 Å². The highest BCUT2D eigenvalue weighted by atomic mass is 16.5. The van der Waals surface area contributed by atoms with Crippen molar-refractivity contribution in [3.8, 4) is 0 Å². The molecule has 0 saturated heterocycles. The lowest BCUT2D eigenvalue weighted by Gasteiger charge is -2.20. The molecular formula is C18H31NO. The van der Waals surface area contributed by atoms with Gasteiger partial charge >= 0.3 is 0 Å². The van der Waals surface area contributed by atoms with Gasteiger partial charge in [0.15, 0.2) is 0 Å². The quantitative estimate of drug-likeness (QED) is 0.695. The highest BCUT2D eigenvalue weighted by Crippen LogP contribution is 2.13. The molecule has 0 aromatic heterocycles. The fourth-order valence-electron chi connectivity index (χ4n) is 2.37. The summed E-state index contributed by atoms with van der Waals surface area (Å²) in [5.74, 6) is 2.04. The molecule has 0 aliphatic carbocycles. The molecule has 2 nitrogen and oxygen atoms in total. The van der Waals surface area contributed by atoms with E-state index in [1.54, 1.807) is 0 Å². The van der Waals surface area contributed by atoms with Crippen LogP contribution in [-0.4, -0.2) is 19.7 Å². The predicted molar refractivity (Wildman–Crippen MR) is 86.8 cm³/mol. The summed E-state index contributed by atoms with van der Waals surface area (Å²) in [6, 6.07) is 10.4. The molecule has 0 saturated carbocycles. The van der Waals surface area contributed by atoms with Gasteiger partial charge in [0, 0.05) is 6.54 Å². The van der Waals surface area contributed by atoms with Gasteiger partial charge in [0.2, 0.25) is 0 Å². The maximum atomic E-state index is 5.90. The molecule has 0 fully saturated rings. The van der Waals surface area contributed by atoms with Crippen LogP contribution in [-0.2, 0) is 11.3 Å². The minimum absolute atomic E-state index is 0.609. The first-order chi connectivity index (χ1) is 9.58. The fraction of sp³-hybridized carbons (Fsp3) is 0.667. The molecule has 1 unspecified atom stereocenters. The molecule has 0 bridgehead atoms. The van der Waals surface area contributed by atoms with Gasteiger partial charge in [0.05, 0.1) is 13.2 Å². The third kappa shape index (κ3) is 8.34. The Morgan fingerprint density at radius 2 is 1.65 bits per heavy atom. The number of hydrogen-bond donors (Lipinski definition) is 1. The van der Waals surface area contributed by atoms with Crippen molar-refractivity contribution in [1.29, 1.82) is 0 Å². The zero-order chi connectivity index (χ0) is 14.8. The molecule has 2 heteroatoms. The molecule has 20 heavy (non-hydrogen) atoms. The highest BCUT2D eigenvalue weighted by molar-refractivity contribution is 5.13. The molecule has 114 valence electrons. The SMILES string of the molecule is CC(C)CNCC(COCc1ccccc1)CC(C)C. The molecular weight excluding hydrogens is 246 g/mol. The Hall–Kier alpha value is -0.860. The summed E-state index contributed by atoms with van der Waals surface area (Å²) in [5.41, 5.74) is 1.26. The number of nitrogens with one attached hydrogen (secondary N) is 1. The van der Waals surface area contributed by atoms with Gasteiger partial charge < -0.3 is 10.1 Å². The first kappa shape index (κ1) is 17.2. The maximum absolute atomic E-state index is 5.90. The zero-order valence-corrected chi connectivity index (χ0v) is 13.6. The van der Waals surface area contributed by atoms with Gasteiger partial charge in [-0.25, -0.2) is 0 Å². The van der Waals surface area contributed by atoms with E-state index < -0.39 is 0 Å². The number of benzene rings is 1. The van der Waals surface area contributed by atoms with E-state index >= 15 is 0 Å². The van der Waals surface area contributed by atoms with Crippen molar-refractivity contribution in [3.63, 3.8) is 0 Å². The molecule has 0 heterocycles. The Balaban J connectivity index is 2.28. The van der Waals surface area contributed by atoms with E-state index in [0.717, 1.165) is 32.2 Å². The van der Waals surface area contributed by atoms with Gasteiger partial charge in [-0.2, -0.15) is 0 Å². The van der Waals surface area contributed by atoms with E-state index in [2.05, 4.69) is 57.3 Å². The summed E-state index contributed by atoms with van der Waals surface area (Å²) in [7, 11) is 0. The van der Waals surface area contributed by atoms with Crippen LogP contribution < -0.4 is 5.32 Å². The van der Waals surface area contributed by atoms with Gasteiger partial charge in [-0.3, -0.25) is 0 Å². The normalized spacial score (nSPS) is 13.1. The Morgan fingerprint density at radius 3 is 2.25 bits per heavy atom. The van der Waals surface area contributed by atoms with Crippen LogP contribution in [0, 0.1) is 17.8 Å². The lowest BCUT2D eigenvalue weighted by Crippen LogP contribution is -2.29. The average Bonchev–Trinajstić information content (AvgIpc) is 2.38. The average molecular weight is 277 g/mol. The van der Waals surface area contributed by atoms with Gasteiger partial charge in [0.1, 0.15) is 0 Å². The molecule has 0 aliphatic rings. The summed E-state index contributed by atoms with van der Waals surface area (Å²) in [6.07, 6.45) is 1.22. The molecule has 0 radical (unpaired) electrons. The van der Waals surface area contributed by atoms with Crippen molar-refractivity contribution in [1.82, 2.24) is 5.32 Å². The molecule has 1 rings (SSSR count). The minimum Gasteiger partial charge on any atom is -0.376 e. The van der Waals surface area contributed by atoms with Crippen LogP contribution in [0.1, 0.15) is 39.7 Å². The largest absolute Gasteiger partial charge is 0.376 e. The molecule has 0 aliphatic heterocycles. The molecule has 1 atom stereocenters. The summed E-state index contributed by atoms with van der Waals surface area (Å²) in [5, 5.41) is 3.56. The Labute approximate surface area is 124 Å². The molecule has 0 amide bonds. The maximum Gasteiger partial charge on any atom is 0.0717 e. The highest BCUT2D eigenvalue weighted by Gasteiger charge is 2.11. The van der Waals surface area contributed by atoms with E-state index in [0.29, 0.717) is 11.8 Å². The van der Waals surface area contributed by atoms with Crippen LogP contribution >= 0.6 is 0 Å². The van der Waals surface area contributed by atoms with Crippen LogP contribution in [0.2, 0.25) is 0 Å². The Bertz CT molecular complexity index is 335. The molecule has 1 aromatic carbocycles. The Kier molecular flexibility index (Phi) is 8.56. The van der Waals surface area contributed by atoms with Crippen molar-refractivity contribution in [2.24, 2.45) is 17.8 Å². The van der Waals surface area contributed by atoms with Crippen LogP contribution in [0.15, 0.2) is 30.3 Å². The summed E-state index contributed by atoms with van der Waals surface area (Å²) in [6.45, 7) is 12.8. The van der Waals surface area contributed by atoms with Gasteiger partial charge in [0.25, 0.3) is 0 Å². The third-order valence-electron chi connectivity index (χ3n) is 3.26. The standard InChI is InChI=1S/C18H31NO/c1-15(2)10-18(12-19-11-16(3)4)14-20-13-17-8-6-5-7-9-17/h5-9,15-16,18-19H,10-14H2,1-4H3. The van der Waals surface area contributed by atoms with E-state index in [1.807, 2.05) is 6.07 Å². The van der Waals surface area contributed by atoms with Crippen molar-refractivity contribution in [2.45, 2.75) is 40.7 Å². The first-order valence-corrected chi connectivity index (χ1v) is 7.90.